The van der Waals surface area contributed by atoms with Crippen molar-refractivity contribution in [3.63, 3.8) is 0 Å². The van der Waals surface area contributed by atoms with Gasteiger partial charge in [0.05, 0.1) is 13.1 Å². The lowest BCUT2D eigenvalue weighted by Crippen LogP contribution is -2.37. The van der Waals surface area contributed by atoms with E-state index in [0.29, 0.717) is 0 Å². The molecule has 0 radical (unpaired) electrons. The van der Waals surface area contributed by atoms with E-state index in [1.807, 2.05) is 0 Å². The van der Waals surface area contributed by atoms with Crippen molar-refractivity contribution < 1.29 is 4.57 Å². The topological polar surface area (TPSA) is 8.81 Å². The maximum Gasteiger partial charge on any atom is 0.256 e. The van der Waals surface area contributed by atoms with E-state index >= 15 is 0 Å². The molecule has 2 heteroatoms. The van der Waals surface area contributed by atoms with Crippen molar-refractivity contribution in [2.45, 2.75) is 220 Å². The van der Waals surface area contributed by atoms with Crippen molar-refractivity contribution in [2.75, 3.05) is 0 Å². The first kappa shape index (κ1) is 36.2. The van der Waals surface area contributed by atoms with E-state index in [1.54, 1.807) is 5.82 Å². The molecule has 39 heavy (non-hydrogen) atoms. The maximum absolute atomic E-state index is 2.62. The fourth-order valence-corrected chi connectivity index (χ4v) is 6.15. The number of rotatable bonds is 31. The Morgan fingerprint density at radius 3 is 1.23 bits per heavy atom. The highest BCUT2D eigenvalue weighted by Crippen LogP contribution is 2.15. The van der Waals surface area contributed by atoms with Crippen molar-refractivity contribution >= 4 is 0 Å². The van der Waals surface area contributed by atoms with Crippen LogP contribution in [-0.4, -0.2) is 4.57 Å². The summed E-state index contributed by atoms with van der Waals surface area (Å²) in [4.78, 5) is 0. The van der Waals surface area contributed by atoms with Crippen molar-refractivity contribution in [2.24, 2.45) is 0 Å². The van der Waals surface area contributed by atoms with Crippen LogP contribution in [-0.2, 0) is 19.5 Å². The first-order valence-corrected chi connectivity index (χ1v) is 18.4. The van der Waals surface area contributed by atoms with Gasteiger partial charge < -0.3 is 0 Å². The van der Waals surface area contributed by atoms with E-state index in [2.05, 4.69) is 42.3 Å². The Hall–Kier alpha value is -0.790. The van der Waals surface area contributed by atoms with Crippen molar-refractivity contribution in [3.8, 4) is 0 Å². The van der Waals surface area contributed by atoms with Gasteiger partial charge in [-0.3, -0.25) is 0 Å². The number of unbranched alkanes of at least 4 members (excludes halogenated alkanes) is 25. The average molecular weight is 546 g/mol. The summed E-state index contributed by atoms with van der Waals surface area (Å²) in [7, 11) is 0. The molecule has 0 N–H and O–H groups in total. The number of aromatic nitrogens is 2. The molecule has 0 aliphatic carbocycles. The standard InChI is InChI=1S/C37H73N2/c1-4-7-10-13-15-17-18-19-20-21-22-23-25-27-29-32-37-38(33-30-12-9-6-3)35-36-39(37)34-31-28-26-24-16-14-11-8-5-2/h35-36H,4-34H2,1-3H3/q+1. The van der Waals surface area contributed by atoms with Gasteiger partial charge >= 0.3 is 0 Å². The second-order valence-corrected chi connectivity index (χ2v) is 12.7. The number of hydrogen-bond acceptors (Lipinski definition) is 0. The second-order valence-electron chi connectivity index (χ2n) is 12.7. The molecule has 2 nitrogen and oxygen atoms in total. The maximum atomic E-state index is 2.62. The molecule has 0 amide bonds. The second kappa shape index (κ2) is 28.7. The summed E-state index contributed by atoms with van der Waals surface area (Å²) < 4.78 is 5.22. The third kappa shape index (κ3) is 21.6. The number of imidazole rings is 1. The minimum Gasteiger partial charge on any atom is -0.234 e. The third-order valence-corrected chi connectivity index (χ3v) is 8.85. The summed E-state index contributed by atoms with van der Waals surface area (Å²) >= 11 is 0. The Bertz CT molecular complexity index is 605. The molecule has 1 aromatic heterocycles. The van der Waals surface area contributed by atoms with Gasteiger partial charge in [-0.15, -0.1) is 0 Å². The lowest BCUT2D eigenvalue weighted by Gasteiger charge is -2.07. The van der Waals surface area contributed by atoms with Gasteiger partial charge in [-0.05, 0) is 32.1 Å². The van der Waals surface area contributed by atoms with Crippen LogP contribution in [0.2, 0.25) is 0 Å². The normalized spacial score (nSPS) is 11.6. The van der Waals surface area contributed by atoms with Gasteiger partial charge in [0.25, 0.3) is 5.82 Å². The van der Waals surface area contributed by atoms with Gasteiger partial charge in [-0.2, -0.15) is 0 Å². The van der Waals surface area contributed by atoms with E-state index in [0.717, 1.165) is 0 Å². The molecule has 0 aliphatic heterocycles. The molecule has 0 spiro atoms. The third-order valence-electron chi connectivity index (χ3n) is 8.85. The first-order chi connectivity index (χ1) is 19.3. The Labute approximate surface area is 247 Å². The van der Waals surface area contributed by atoms with Gasteiger partial charge in [0.2, 0.25) is 0 Å². The molecular weight excluding hydrogens is 472 g/mol. The van der Waals surface area contributed by atoms with Crippen LogP contribution in [0.15, 0.2) is 12.4 Å². The average Bonchev–Trinajstić information content (AvgIpc) is 3.33. The summed E-state index contributed by atoms with van der Waals surface area (Å²) in [5.74, 6) is 1.61. The van der Waals surface area contributed by atoms with Gasteiger partial charge in [0, 0.05) is 6.42 Å². The summed E-state index contributed by atoms with van der Waals surface area (Å²) in [5.41, 5.74) is 0. The molecule has 0 aliphatic rings. The summed E-state index contributed by atoms with van der Waals surface area (Å²) in [6.07, 6.45) is 46.0. The molecule has 1 rings (SSSR count). The van der Waals surface area contributed by atoms with E-state index in [1.165, 1.54) is 199 Å². The van der Waals surface area contributed by atoms with Crippen LogP contribution in [0.5, 0.6) is 0 Å². The molecule has 0 saturated carbocycles. The monoisotopic (exact) mass is 546 g/mol. The van der Waals surface area contributed by atoms with E-state index in [-0.39, 0.29) is 0 Å². The Morgan fingerprint density at radius 2 is 0.795 bits per heavy atom. The molecule has 0 unspecified atom stereocenters. The molecule has 1 heterocycles. The molecule has 0 saturated heterocycles. The Kier molecular flexibility index (Phi) is 26.7. The zero-order chi connectivity index (χ0) is 28.1. The number of hydrogen-bond donors (Lipinski definition) is 0. The van der Waals surface area contributed by atoms with Crippen molar-refractivity contribution in [1.29, 1.82) is 0 Å². The van der Waals surface area contributed by atoms with Crippen LogP contribution in [0, 0.1) is 0 Å². The van der Waals surface area contributed by atoms with Crippen molar-refractivity contribution in [1.82, 2.24) is 4.57 Å². The summed E-state index contributed by atoms with van der Waals surface area (Å²) in [6.45, 7) is 9.38. The zero-order valence-electron chi connectivity index (χ0n) is 27.5. The number of nitrogens with zero attached hydrogens (tertiary/aromatic N) is 2. The smallest absolute Gasteiger partial charge is 0.234 e. The lowest BCUT2D eigenvalue weighted by molar-refractivity contribution is -0.704. The molecular formula is C37H73N2+. The van der Waals surface area contributed by atoms with Gasteiger partial charge in [0.1, 0.15) is 12.4 Å². The quantitative estimate of drug-likeness (QED) is 0.0648. The van der Waals surface area contributed by atoms with E-state index in [4.69, 9.17) is 0 Å². The summed E-state index contributed by atoms with van der Waals surface area (Å²) in [5, 5.41) is 0. The van der Waals surface area contributed by atoms with E-state index in [9.17, 15) is 0 Å². The molecule has 230 valence electrons. The predicted molar refractivity (Wildman–Crippen MR) is 175 cm³/mol. The van der Waals surface area contributed by atoms with Crippen LogP contribution in [0.3, 0.4) is 0 Å². The fraction of sp³-hybridized carbons (Fsp3) is 0.919. The fourth-order valence-electron chi connectivity index (χ4n) is 6.15. The van der Waals surface area contributed by atoms with Crippen molar-refractivity contribution in [3.05, 3.63) is 18.2 Å². The van der Waals surface area contributed by atoms with Gasteiger partial charge in [-0.25, -0.2) is 9.13 Å². The Balaban J connectivity index is 2.19. The molecule has 1 aromatic rings. The molecule has 0 bridgehead atoms. The SMILES string of the molecule is CCCCCCCCCCCCCCCCCc1n(CCCCCC)cc[n+]1CCCCCCCCCCC. The highest BCUT2D eigenvalue weighted by molar-refractivity contribution is 4.84. The lowest BCUT2D eigenvalue weighted by atomic mass is 10.0. The number of aryl methyl sites for hydroxylation is 2. The highest BCUT2D eigenvalue weighted by atomic mass is 15.1. The van der Waals surface area contributed by atoms with Gasteiger partial charge in [-0.1, -0.05) is 168 Å². The Morgan fingerprint density at radius 1 is 0.436 bits per heavy atom. The minimum atomic E-state index is 1.22. The zero-order valence-corrected chi connectivity index (χ0v) is 27.5. The van der Waals surface area contributed by atoms with Crippen LogP contribution in [0.25, 0.3) is 0 Å². The highest BCUT2D eigenvalue weighted by Gasteiger charge is 2.16. The van der Waals surface area contributed by atoms with Crippen LogP contribution < -0.4 is 4.57 Å². The molecule has 0 aromatic carbocycles. The van der Waals surface area contributed by atoms with Crippen LogP contribution in [0.1, 0.15) is 206 Å². The van der Waals surface area contributed by atoms with Gasteiger partial charge in [0.15, 0.2) is 0 Å². The van der Waals surface area contributed by atoms with Crippen LogP contribution >= 0.6 is 0 Å². The van der Waals surface area contributed by atoms with Crippen LogP contribution in [0.4, 0.5) is 0 Å². The first-order valence-electron chi connectivity index (χ1n) is 18.4. The molecule has 0 atom stereocenters. The minimum absolute atomic E-state index is 1.22. The predicted octanol–water partition coefficient (Wildman–Crippen LogP) is 12.3. The largest absolute Gasteiger partial charge is 0.256 e. The molecule has 0 fully saturated rings. The summed E-state index contributed by atoms with van der Waals surface area (Å²) in [6, 6.07) is 0. The van der Waals surface area contributed by atoms with E-state index < -0.39 is 0 Å².